The van der Waals surface area contributed by atoms with E-state index >= 15 is 0 Å². The fourth-order valence-electron chi connectivity index (χ4n) is 3.24. The van der Waals surface area contributed by atoms with Crippen LogP contribution in [0.1, 0.15) is 44.1 Å². The van der Waals surface area contributed by atoms with E-state index in [-0.39, 0.29) is 5.82 Å². The Morgan fingerprint density at radius 3 is 2.63 bits per heavy atom. The molecule has 1 heterocycles. The van der Waals surface area contributed by atoms with Gasteiger partial charge in [0, 0.05) is 18.7 Å². The Labute approximate surface area is 114 Å². The third-order valence-corrected chi connectivity index (χ3v) is 4.50. The van der Waals surface area contributed by atoms with Crippen LogP contribution in [0.25, 0.3) is 0 Å². The molecule has 0 aromatic heterocycles. The van der Waals surface area contributed by atoms with Crippen LogP contribution < -0.4 is 5.32 Å². The second-order valence-corrected chi connectivity index (χ2v) is 5.92. The van der Waals surface area contributed by atoms with Crippen LogP contribution >= 0.6 is 0 Å². The van der Waals surface area contributed by atoms with Crippen molar-refractivity contribution in [1.29, 1.82) is 0 Å². The van der Waals surface area contributed by atoms with Crippen LogP contribution in [0.5, 0.6) is 0 Å². The summed E-state index contributed by atoms with van der Waals surface area (Å²) in [5.74, 6) is 0.444. The second-order valence-electron chi connectivity index (χ2n) is 5.92. The molecule has 1 aromatic carbocycles. The number of hydrogen-bond donors (Lipinski definition) is 1. The fraction of sp³-hybridized carbons (Fsp3) is 0.625. The normalized spacial score (nSPS) is 32.0. The number of rotatable bonds is 4. The predicted octanol–water partition coefficient (Wildman–Crippen LogP) is 3.23. The summed E-state index contributed by atoms with van der Waals surface area (Å²) < 4.78 is 18.6. The van der Waals surface area contributed by atoms with Gasteiger partial charge >= 0.3 is 0 Å². The molecule has 1 N–H and O–H groups in total. The molecule has 2 aliphatic rings. The molecule has 0 radical (unpaired) electrons. The van der Waals surface area contributed by atoms with E-state index in [2.05, 4.69) is 12.2 Å². The third-order valence-electron chi connectivity index (χ3n) is 4.50. The van der Waals surface area contributed by atoms with E-state index in [4.69, 9.17) is 4.74 Å². The minimum absolute atomic E-state index is 0.148. The van der Waals surface area contributed by atoms with Crippen molar-refractivity contribution in [3.8, 4) is 0 Å². The molecule has 104 valence electrons. The molecule has 0 bridgehead atoms. The first-order chi connectivity index (χ1) is 9.22. The van der Waals surface area contributed by atoms with Gasteiger partial charge in [0.15, 0.2) is 0 Å². The molecule has 3 rings (SSSR count). The Balaban J connectivity index is 1.46. The van der Waals surface area contributed by atoms with Gasteiger partial charge in [0.1, 0.15) is 5.82 Å². The molecule has 2 atom stereocenters. The first-order valence-electron chi connectivity index (χ1n) is 7.35. The predicted molar refractivity (Wildman–Crippen MR) is 73.7 cm³/mol. The average molecular weight is 263 g/mol. The molecule has 2 unspecified atom stereocenters. The van der Waals surface area contributed by atoms with Crippen molar-refractivity contribution in [2.24, 2.45) is 0 Å². The van der Waals surface area contributed by atoms with Crippen molar-refractivity contribution >= 4 is 0 Å². The minimum Gasteiger partial charge on any atom is -0.377 e. The zero-order chi connectivity index (χ0) is 13.2. The number of ether oxygens (including phenoxy) is 1. The van der Waals surface area contributed by atoms with Crippen molar-refractivity contribution < 1.29 is 9.13 Å². The summed E-state index contributed by atoms with van der Waals surface area (Å²) in [7, 11) is 0. The van der Waals surface area contributed by atoms with E-state index in [1.165, 1.54) is 18.4 Å². The second kappa shape index (κ2) is 5.59. The highest BCUT2D eigenvalue weighted by atomic mass is 19.1. The van der Waals surface area contributed by atoms with E-state index < -0.39 is 0 Å². The van der Waals surface area contributed by atoms with E-state index in [1.54, 1.807) is 12.1 Å². The van der Waals surface area contributed by atoms with Crippen LogP contribution in [0.3, 0.4) is 0 Å². The molecule has 1 aromatic rings. The molecule has 2 fully saturated rings. The van der Waals surface area contributed by atoms with Gasteiger partial charge in [0.05, 0.1) is 6.10 Å². The highest BCUT2D eigenvalue weighted by molar-refractivity contribution is 5.23. The Hall–Kier alpha value is -0.930. The van der Waals surface area contributed by atoms with Crippen molar-refractivity contribution in [1.82, 2.24) is 5.32 Å². The minimum atomic E-state index is -0.148. The molecule has 19 heavy (non-hydrogen) atoms. The van der Waals surface area contributed by atoms with Gasteiger partial charge in [-0.1, -0.05) is 12.1 Å². The molecule has 0 spiro atoms. The Morgan fingerprint density at radius 2 is 2.00 bits per heavy atom. The van der Waals surface area contributed by atoms with Gasteiger partial charge in [-0.15, -0.1) is 0 Å². The van der Waals surface area contributed by atoms with Crippen LogP contribution in [-0.4, -0.2) is 24.8 Å². The van der Waals surface area contributed by atoms with E-state index in [0.29, 0.717) is 24.1 Å². The summed E-state index contributed by atoms with van der Waals surface area (Å²) in [5, 5.41) is 3.67. The smallest absolute Gasteiger partial charge is 0.123 e. The van der Waals surface area contributed by atoms with Gasteiger partial charge in [-0.3, -0.25) is 0 Å². The third kappa shape index (κ3) is 2.98. The molecule has 2 nitrogen and oxygen atoms in total. The lowest BCUT2D eigenvalue weighted by molar-refractivity contribution is 0.0731. The zero-order valence-corrected chi connectivity index (χ0v) is 11.4. The lowest BCUT2D eigenvalue weighted by Crippen LogP contribution is -2.48. The summed E-state index contributed by atoms with van der Waals surface area (Å²) in [6, 6.07) is 7.99. The molecular formula is C16H22FNO. The van der Waals surface area contributed by atoms with Gasteiger partial charge in [0.2, 0.25) is 0 Å². The van der Waals surface area contributed by atoms with Crippen LogP contribution in [0.15, 0.2) is 24.3 Å². The molecule has 0 amide bonds. The van der Waals surface area contributed by atoms with Crippen molar-refractivity contribution in [2.75, 3.05) is 6.61 Å². The molecule has 1 aliphatic carbocycles. The largest absolute Gasteiger partial charge is 0.377 e. The quantitative estimate of drug-likeness (QED) is 0.900. The van der Waals surface area contributed by atoms with Gasteiger partial charge in [-0.2, -0.15) is 0 Å². The van der Waals surface area contributed by atoms with Gasteiger partial charge < -0.3 is 10.1 Å². The zero-order valence-electron chi connectivity index (χ0n) is 11.4. The van der Waals surface area contributed by atoms with Gasteiger partial charge in [-0.05, 0) is 56.2 Å². The Morgan fingerprint density at radius 1 is 1.26 bits per heavy atom. The first kappa shape index (κ1) is 13.1. The van der Waals surface area contributed by atoms with Crippen LogP contribution in [0, 0.1) is 5.82 Å². The molecule has 3 heteroatoms. The summed E-state index contributed by atoms with van der Waals surface area (Å²) in [6.45, 7) is 3.14. The highest BCUT2D eigenvalue weighted by Crippen LogP contribution is 2.37. The molecule has 1 saturated carbocycles. The van der Waals surface area contributed by atoms with Gasteiger partial charge in [0.25, 0.3) is 0 Å². The van der Waals surface area contributed by atoms with Gasteiger partial charge in [-0.25, -0.2) is 4.39 Å². The molecule has 1 aliphatic heterocycles. The summed E-state index contributed by atoms with van der Waals surface area (Å²) >= 11 is 0. The summed E-state index contributed by atoms with van der Waals surface area (Å²) in [4.78, 5) is 0. The number of nitrogens with one attached hydrogen (secondary N) is 1. The summed E-state index contributed by atoms with van der Waals surface area (Å²) in [6.07, 6.45) is 5.08. The van der Waals surface area contributed by atoms with Crippen LogP contribution in [-0.2, 0) is 4.74 Å². The number of halogens is 1. The highest BCUT2D eigenvalue weighted by Gasteiger charge is 2.33. The standard InChI is InChI=1S/C16H22FNO/c1-11(16-3-2-8-19-16)18-15-9-13(10-15)12-4-6-14(17)7-5-12/h4-7,11,13,15-16,18H,2-3,8-10H2,1H3. The Bertz CT molecular complexity index is 407. The first-order valence-corrected chi connectivity index (χ1v) is 7.35. The topological polar surface area (TPSA) is 21.3 Å². The van der Waals surface area contributed by atoms with Crippen molar-refractivity contribution in [2.45, 2.75) is 56.7 Å². The maximum Gasteiger partial charge on any atom is 0.123 e. The number of benzene rings is 1. The van der Waals surface area contributed by atoms with Crippen molar-refractivity contribution in [3.63, 3.8) is 0 Å². The van der Waals surface area contributed by atoms with E-state index in [0.717, 1.165) is 19.4 Å². The van der Waals surface area contributed by atoms with E-state index in [1.807, 2.05) is 12.1 Å². The fourth-order valence-corrected chi connectivity index (χ4v) is 3.24. The van der Waals surface area contributed by atoms with Crippen LogP contribution in [0.2, 0.25) is 0 Å². The maximum atomic E-state index is 12.9. The SMILES string of the molecule is CC(NC1CC(c2ccc(F)cc2)C1)C1CCCO1. The lowest BCUT2D eigenvalue weighted by Gasteiger charge is -2.39. The van der Waals surface area contributed by atoms with Crippen LogP contribution in [0.4, 0.5) is 4.39 Å². The van der Waals surface area contributed by atoms with Crippen molar-refractivity contribution in [3.05, 3.63) is 35.6 Å². The summed E-state index contributed by atoms with van der Waals surface area (Å²) in [5.41, 5.74) is 1.27. The Kier molecular flexibility index (Phi) is 3.85. The monoisotopic (exact) mass is 263 g/mol. The maximum absolute atomic E-state index is 12.9. The average Bonchev–Trinajstić information content (AvgIpc) is 2.88. The lowest BCUT2D eigenvalue weighted by atomic mass is 9.75. The number of hydrogen-bond acceptors (Lipinski definition) is 2. The molecule has 1 saturated heterocycles. The molecular weight excluding hydrogens is 241 g/mol. The van der Waals surface area contributed by atoms with E-state index in [9.17, 15) is 4.39 Å².